The van der Waals surface area contributed by atoms with Crippen LogP contribution in [0.15, 0.2) is 115 Å². The molecule has 1 saturated carbocycles. The number of carbonyl (C=O) groups is 2. The Morgan fingerprint density at radius 1 is 0.846 bits per heavy atom. The van der Waals surface area contributed by atoms with Crippen molar-refractivity contribution in [3.63, 3.8) is 0 Å². The zero-order valence-corrected chi connectivity index (χ0v) is 21.8. The Morgan fingerprint density at radius 3 is 2.21 bits per heavy atom. The predicted molar refractivity (Wildman–Crippen MR) is 153 cm³/mol. The van der Waals surface area contributed by atoms with E-state index >= 15 is 0 Å². The summed E-state index contributed by atoms with van der Waals surface area (Å²) < 4.78 is 6.24. The number of carboxylic acids is 1. The number of amides is 1. The van der Waals surface area contributed by atoms with Gasteiger partial charge in [-0.05, 0) is 59.9 Å². The van der Waals surface area contributed by atoms with Gasteiger partial charge in [0.2, 0.25) is 0 Å². The highest BCUT2D eigenvalue weighted by atomic mass is 35.5. The Morgan fingerprint density at radius 2 is 1.51 bits per heavy atom. The summed E-state index contributed by atoms with van der Waals surface area (Å²) in [5, 5.41) is 16.0. The highest BCUT2D eigenvalue weighted by Gasteiger charge is 2.23. The van der Waals surface area contributed by atoms with Crippen LogP contribution in [0.4, 0.5) is 5.69 Å². The number of para-hydroxylation sites is 1. The summed E-state index contributed by atoms with van der Waals surface area (Å²) in [4.78, 5) is 24.5. The van der Waals surface area contributed by atoms with E-state index in [1.165, 1.54) is 5.57 Å². The molecule has 0 radical (unpaired) electrons. The number of ether oxygens (including phenoxy) is 1. The minimum Gasteiger partial charge on any atom is -0.480 e. The smallest absolute Gasteiger partial charge is 0.326 e. The molecule has 1 fully saturated rings. The number of benzene rings is 4. The van der Waals surface area contributed by atoms with Crippen LogP contribution < -0.4 is 15.4 Å². The first-order chi connectivity index (χ1) is 19.0. The van der Waals surface area contributed by atoms with Crippen molar-refractivity contribution in [1.82, 2.24) is 5.32 Å². The molecule has 1 aliphatic rings. The molecule has 5 rings (SSSR count). The fourth-order valence-electron chi connectivity index (χ4n) is 4.19. The van der Waals surface area contributed by atoms with Crippen LogP contribution in [-0.2, 0) is 11.2 Å². The summed E-state index contributed by atoms with van der Waals surface area (Å²) >= 11 is 6.09. The number of anilines is 1. The van der Waals surface area contributed by atoms with E-state index in [2.05, 4.69) is 28.8 Å². The van der Waals surface area contributed by atoms with Crippen molar-refractivity contribution in [1.29, 1.82) is 0 Å². The summed E-state index contributed by atoms with van der Waals surface area (Å²) in [5.74, 6) is -0.320. The lowest BCUT2D eigenvalue weighted by atomic mass is 10.0. The Labute approximate surface area is 231 Å². The van der Waals surface area contributed by atoms with Crippen LogP contribution in [0.5, 0.6) is 5.75 Å². The van der Waals surface area contributed by atoms with Crippen LogP contribution in [0.3, 0.4) is 0 Å². The van der Waals surface area contributed by atoms with E-state index in [1.807, 2.05) is 36.4 Å². The molecule has 1 amide bonds. The number of carboxylic acid groups (broad SMARTS) is 1. The fraction of sp³-hybridized carbons (Fsp3) is 0.125. The third-order valence-corrected chi connectivity index (χ3v) is 6.72. The zero-order chi connectivity index (χ0) is 27.2. The number of aliphatic carboxylic acids is 1. The average Bonchev–Trinajstić information content (AvgIpc) is 3.80. The molecule has 7 heteroatoms. The first-order valence-electron chi connectivity index (χ1n) is 12.7. The lowest BCUT2D eigenvalue weighted by Crippen LogP contribution is -2.42. The predicted octanol–water partition coefficient (Wildman–Crippen LogP) is 6.93. The highest BCUT2D eigenvalue weighted by Crippen LogP contribution is 2.36. The first-order valence-corrected chi connectivity index (χ1v) is 13.0. The summed E-state index contributed by atoms with van der Waals surface area (Å²) in [7, 11) is 0. The molecule has 4 aromatic carbocycles. The Bertz CT molecular complexity index is 1510. The van der Waals surface area contributed by atoms with Gasteiger partial charge in [-0.15, -0.1) is 0 Å². The van der Waals surface area contributed by atoms with E-state index in [0.717, 1.165) is 35.2 Å². The molecular weight excluding hydrogens is 512 g/mol. The largest absolute Gasteiger partial charge is 0.480 e. The van der Waals surface area contributed by atoms with Crippen LogP contribution >= 0.6 is 11.6 Å². The van der Waals surface area contributed by atoms with Gasteiger partial charge < -0.3 is 20.5 Å². The second-order valence-corrected chi connectivity index (χ2v) is 9.67. The third-order valence-electron chi connectivity index (χ3n) is 6.39. The topological polar surface area (TPSA) is 87.7 Å². The fourth-order valence-corrected chi connectivity index (χ4v) is 4.41. The van der Waals surface area contributed by atoms with E-state index in [4.69, 9.17) is 16.3 Å². The standard InChI is InChI=1S/C32H27ClN2O4/c33-27-12-6-4-11-26(27)30(36)34-29(32(37)38)20-21-14-18-24(19-15-21)39-31(23-16-17-23)35-28-13-7-5-10-25(28)22-8-2-1-3-9-22/h1-15,18-19,29,35H,16-17,20H2,(H,34,36)(H,37,38). The third kappa shape index (κ3) is 6.67. The summed E-state index contributed by atoms with van der Waals surface area (Å²) in [6, 6.07) is 30.9. The van der Waals surface area contributed by atoms with Gasteiger partial charge in [0.25, 0.3) is 5.91 Å². The maximum atomic E-state index is 12.6. The normalized spacial score (nSPS) is 12.8. The molecule has 39 heavy (non-hydrogen) atoms. The van der Waals surface area contributed by atoms with Gasteiger partial charge in [0, 0.05) is 17.7 Å². The van der Waals surface area contributed by atoms with Crippen LogP contribution in [0.2, 0.25) is 5.02 Å². The van der Waals surface area contributed by atoms with Crippen LogP contribution in [0.25, 0.3) is 11.1 Å². The van der Waals surface area contributed by atoms with Crippen LogP contribution in [0.1, 0.15) is 28.8 Å². The van der Waals surface area contributed by atoms with Crippen molar-refractivity contribution >= 4 is 29.2 Å². The first kappa shape index (κ1) is 26.1. The molecule has 0 aliphatic heterocycles. The number of allylic oxidation sites excluding steroid dienone is 1. The molecule has 0 aromatic heterocycles. The summed E-state index contributed by atoms with van der Waals surface area (Å²) in [6.45, 7) is 0. The minimum absolute atomic E-state index is 0.114. The van der Waals surface area contributed by atoms with Gasteiger partial charge in [-0.25, -0.2) is 4.79 Å². The molecular formula is C32H27ClN2O4. The number of nitrogens with one attached hydrogen (secondary N) is 2. The molecule has 0 saturated heterocycles. The number of hydrogen-bond donors (Lipinski definition) is 3. The Hall–Kier alpha value is -4.55. The van der Waals surface area contributed by atoms with Gasteiger partial charge in [0.05, 0.1) is 10.6 Å². The minimum atomic E-state index is -1.13. The van der Waals surface area contributed by atoms with Crippen molar-refractivity contribution in [2.75, 3.05) is 5.32 Å². The second kappa shape index (κ2) is 11.9. The van der Waals surface area contributed by atoms with Crippen molar-refractivity contribution in [3.05, 3.63) is 131 Å². The second-order valence-electron chi connectivity index (χ2n) is 9.26. The molecule has 1 unspecified atom stereocenters. The lowest BCUT2D eigenvalue weighted by Gasteiger charge is -2.17. The molecule has 4 aromatic rings. The van der Waals surface area contributed by atoms with Gasteiger partial charge in [0.15, 0.2) is 5.88 Å². The quantitative estimate of drug-likeness (QED) is 0.191. The van der Waals surface area contributed by atoms with Crippen molar-refractivity contribution in [2.45, 2.75) is 25.3 Å². The molecule has 3 N–H and O–H groups in total. The van der Waals surface area contributed by atoms with Gasteiger partial charge in [0.1, 0.15) is 11.8 Å². The van der Waals surface area contributed by atoms with Gasteiger partial charge in [-0.3, -0.25) is 4.79 Å². The maximum absolute atomic E-state index is 12.6. The van der Waals surface area contributed by atoms with E-state index < -0.39 is 17.9 Å². The number of halogens is 1. The van der Waals surface area contributed by atoms with E-state index in [1.54, 1.807) is 48.5 Å². The lowest BCUT2D eigenvalue weighted by molar-refractivity contribution is -0.139. The molecule has 0 bridgehead atoms. The Balaban J connectivity index is 1.27. The molecule has 6 nitrogen and oxygen atoms in total. The van der Waals surface area contributed by atoms with Crippen molar-refractivity contribution < 1.29 is 19.4 Å². The summed E-state index contributed by atoms with van der Waals surface area (Å²) in [6.07, 6.45) is 2.06. The molecule has 0 spiro atoms. The Kier molecular flexibility index (Phi) is 7.94. The maximum Gasteiger partial charge on any atom is 0.326 e. The summed E-state index contributed by atoms with van der Waals surface area (Å²) in [5.41, 5.74) is 5.32. The number of carbonyl (C=O) groups excluding carboxylic acids is 1. The van der Waals surface area contributed by atoms with Gasteiger partial charge >= 0.3 is 5.97 Å². The molecule has 1 aliphatic carbocycles. The van der Waals surface area contributed by atoms with Crippen molar-refractivity contribution in [3.8, 4) is 16.9 Å². The van der Waals surface area contributed by atoms with E-state index in [-0.39, 0.29) is 17.0 Å². The highest BCUT2D eigenvalue weighted by molar-refractivity contribution is 6.33. The van der Waals surface area contributed by atoms with Gasteiger partial charge in [-0.2, -0.15) is 0 Å². The van der Waals surface area contributed by atoms with E-state index in [0.29, 0.717) is 11.6 Å². The van der Waals surface area contributed by atoms with Crippen LogP contribution in [-0.4, -0.2) is 23.0 Å². The monoisotopic (exact) mass is 538 g/mol. The molecule has 1 atom stereocenters. The number of rotatable bonds is 10. The number of hydrogen-bond acceptors (Lipinski definition) is 4. The SMILES string of the molecule is O=C(NC(Cc1ccc(OC(Nc2ccccc2-c2ccccc2)=C2CC2)cc1)C(=O)O)c1ccccc1Cl. The van der Waals surface area contributed by atoms with Crippen LogP contribution in [0, 0.1) is 0 Å². The molecule has 196 valence electrons. The van der Waals surface area contributed by atoms with Gasteiger partial charge in [-0.1, -0.05) is 84.4 Å². The zero-order valence-electron chi connectivity index (χ0n) is 21.1. The molecule has 0 heterocycles. The van der Waals surface area contributed by atoms with E-state index in [9.17, 15) is 14.7 Å². The average molecular weight is 539 g/mol. The van der Waals surface area contributed by atoms with Crippen molar-refractivity contribution in [2.24, 2.45) is 0 Å².